The summed E-state index contributed by atoms with van der Waals surface area (Å²) in [5.41, 5.74) is 7.08. The molecule has 2 heterocycles. The number of nitrogens with two attached hydrogens (primary N) is 1. The van der Waals surface area contributed by atoms with E-state index in [-0.39, 0.29) is 17.4 Å². The predicted molar refractivity (Wildman–Crippen MR) is 107 cm³/mol. The summed E-state index contributed by atoms with van der Waals surface area (Å²) in [5, 5.41) is -0.403. The zero-order valence-corrected chi connectivity index (χ0v) is 17.0. The van der Waals surface area contributed by atoms with Crippen LogP contribution in [-0.4, -0.2) is 31.6 Å². The summed E-state index contributed by atoms with van der Waals surface area (Å²) in [7, 11) is 1.69. The molecule has 0 spiro atoms. The first-order valence-electron chi connectivity index (χ1n) is 9.22. The van der Waals surface area contributed by atoms with E-state index in [1.807, 2.05) is 0 Å². The van der Waals surface area contributed by atoms with Gasteiger partial charge in [0.1, 0.15) is 0 Å². The van der Waals surface area contributed by atoms with Crippen molar-refractivity contribution in [3.8, 4) is 5.69 Å². The number of nitrogens with zero attached hydrogens (tertiary/aromatic N) is 3. The van der Waals surface area contributed by atoms with E-state index in [9.17, 15) is 14.4 Å². The highest BCUT2D eigenvalue weighted by Gasteiger charge is 2.21. The van der Waals surface area contributed by atoms with Crippen LogP contribution in [0.5, 0.6) is 0 Å². The van der Waals surface area contributed by atoms with Gasteiger partial charge in [-0.25, -0.2) is 19.1 Å². The molecule has 0 bridgehead atoms. The monoisotopic (exact) mass is 404 g/mol. The molecule has 0 aliphatic heterocycles. The van der Waals surface area contributed by atoms with Crippen LogP contribution < -0.4 is 17.0 Å². The Morgan fingerprint density at radius 2 is 1.96 bits per heavy atom. The van der Waals surface area contributed by atoms with E-state index in [1.165, 1.54) is 6.20 Å². The molecule has 0 radical (unpaired) electrons. The largest absolute Gasteiger partial charge is 0.461 e. The Morgan fingerprint density at radius 3 is 2.61 bits per heavy atom. The molecule has 0 aromatic carbocycles. The van der Waals surface area contributed by atoms with Gasteiger partial charge in [0.05, 0.1) is 23.0 Å². The van der Waals surface area contributed by atoms with Crippen molar-refractivity contribution < 1.29 is 9.53 Å². The summed E-state index contributed by atoms with van der Waals surface area (Å²) in [6.07, 6.45) is 4.55. The highest BCUT2D eigenvalue weighted by atomic mass is 32.2. The molecule has 2 aromatic rings. The predicted octanol–water partition coefficient (Wildman–Crippen LogP) is 1.14. The number of hydrogen-bond donors (Lipinski definition) is 1. The second kappa shape index (κ2) is 8.32. The Labute approximate surface area is 166 Å². The highest BCUT2D eigenvalue weighted by Crippen LogP contribution is 2.21. The molecule has 8 nitrogen and oxygen atoms in total. The number of hydrogen-bond acceptors (Lipinski definition) is 7. The first-order chi connectivity index (χ1) is 13.3. The van der Waals surface area contributed by atoms with Crippen molar-refractivity contribution in [1.29, 1.82) is 0 Å². The minimum atomic E-state index is -0.903. The van der Waals surface area contributed by atoms with Crippen molar-refractivity contribution in [3.63, 3.8) is 0 Å². The summed E-state index contributed by atoms with van der Waals surface area (Å²) in [6.45, 7) is 3.50. The first-order valence-corrected chi connectivity index (χ1v) is 10.1. The molecular weight excluding hydrogens is 380 g/mol. The van der Waals surface area contributed by atoms with Gasteiger partial charge in [0.25, 0.3) is 5.56 Å². The number of pyridine rings is 1. The molecular formula is C19H24N4O4S. The van der Waals surface area contributed by atoms with Crippen LogP contribution in [0.2, 0.25) is 0 Å². The molecule has 0 saturated heterocycles. The van der Waals surface area contributed by atoms with Crippen molar-refractivity contribution in [3.05, 3.63) is 50.4 Å². The second-order valence-corrected chi connectivity index (χ2v) is 8.16. The van der Waals surface area contributed by atoms with Crippen LogP contribution in [0.15, 0.2) is 32.9 Å². The summed E-state index contributed by atoms with van der Waals surface area (Å²) < 4.78 is 7.78. The van der Waals surface area contributed by atoms with E-state index in [2.05, 4.69) is 4.98 Å². The van der Waals surface area contributed by atoms with Gasteiger partial charge in [-0.3, -0.25) is 4.79 Å². The molecule has 0 fully saturated rings. The summed E-state index contributed by atoms with van der Waals surface area (Å²) in [5.74, 6) is -0.523. The zero-order chi connectivity index (χ0) is 20.4. The van der Waals surface area contributed by atoms with Gasteiger partial charge in [-0.15, -0.1) is 0 Å². The third-order valence-corrected chi connectivity index (χ3v) is 5.52. The maximum absolute atomic E-state index is 12.9. The van der Waals surface area contributed by atoms with Crippen LogP contribution in [-0.2, 0) is 29.4 Å². The van der Waals surface area contributed by atoms with Gasteiger partial charge in [-0.1, -0.05) is 11.8 Å². The highest BCUT2D eigenvalue weighted by molar-refractivity contribution is 8.00. The lowest BCUT2D eigenvalue weighted by atomic mass is 9.97. The van der Waals surface area contributed by atoms with E-state index in [0.29, 0.717) is 22.7 Å². The Hall–Kier alpha value is -2.39. The SMILES string of the molecule is CC(C)OC(=O)C(N)Sc1ccc(-n2c(=O)c3c(n(C)c2=O)CCCC3)cn1. The summed E-state index contributed by atoms with van der Waals surface area (Å²) in [4.78, 5) is 41.7. The van der Waals surface area contributed by atoms with Gasteiger partial charge >= 0.3 is 11.7 Å². The molecule has 9 heteroatoms. The van der Waals surface area contributed by atoms with Gasteiger partial charge in [0, 0.05) is 18.3 Å². The maximum Gasteiger partial charge on any atom is 0.335 e. The number of carbonyl (C=O) groups is 1. The standard InChI is InChI=1S/C19H24N4O4S/c1-11(2)27-18(25)16(20)28-15-9-8-12(10-21-15)23-17(24)13-6-4-5-7-14(13)22(3)19(23)26/h8-11,16H,4-7,20H2,1-3H3. The van der Waals surface area contributed by atoms with E-state index in [0.717, 1.165) is 41.3 Å². The van der Waals surface area contributed by atoms with Crippen molar-refractivity contribution in [2.75, 3.05) is 0 Å². The lowest BCUT2D eigenvalue weighted by molar-refractivity contribution is -0.146. The quantitative estimate of drug-likeness (QED) is 0.452. The molecule has 1 unspecified atom stereocenters. The molecule has 2 N–H and O–H groups in total. The third-order valence-electron chi connectivity index (χ3n) is 4.59. The van der Waals surface area contributed by atoms with Gasteiger partial charge in [0.15, 0.2) is 5.37 Å². The van der Waals surface area contributed by atoms with Crippen LogP contribution in [0.3, 0.4) is 0 Å². The number of thioether (sulfide) groups is 1. The van der Waals surface area contributed by atoms with Gasteiger partial charge < -0.3 is 15.0 Å². The van der Waals surface area contributed by atoms with Crippen LogP contribution in [0.1, 0.15) is 37.9 Å². The number of esters is 1. The van der Waals surface area contributed by atoms with Crippen molar-refractivity contribution in [1.82, 2.24) is 14.1 Å². The smallest absolute Gasteiger partial charge is 0.335 e. The number of aromatic nitrogens is 3. The Kier molecular flexibility index (Phi) is 6.04. The molecule has 0 saturated carbocycles. The van der Waals surface area contributed by atoms with E-state index < -0.39 is 11.3 Å². The molecule has 3 rings (SSSR count). The summed E-state index contributed by atoms with van der Waals surface area (Å²) in [6, 6.07) is 3.27. The third kappa shape index (κ3) is 4.05. The van der Waals surface area contributed by atoms with E-state index in [4.69, 9.17) is 10.5 Å². The molecule has 1 aliphatic rings. The van der Waals surface area contributed by atoms with Gasteiger partial charge in [-0.05, 0) is 51.7 Å². The van der Waals surface area contributed by atoms with E-state index >= 15 is 0 Å². The van der Waals surface area contributed by atoms with Gasteiger partial charge in [-0.2, -0.15) is 0 Å². The Morgan fingerprint density at radius 1 is 1.25 bits per heavy atom. The minimum absolute atomic E-state index is 0.249. The number of carbonyl (C=O) groups excluding carboxylic acids is 1. The number of ether oxygens (including phenoxy) is 1. The van der Waals surface area contributed by atoms with Crippen molar-refractivity contribution >= 4 is 17.7 Å². The molecule has 150 valence electrons. The fraction of sp³-hybridized carbons (Fsp3) is 0.474. The fourth-order valence-electron chi connectivity index (χ4n) is 3.26. The zero-order valence-electron chi connectivity index (χ0n) is 16.2. The van der Waals surface area contributed by atoms with Crippen LogP contribution in [0.4, 0.5) is 0 Å². The van der Waals surface area contributed by atoms with Crippen molar-refractivity contribution in [2.45, 2.75) is 56.0 Å². The molecule has 2 aromatic heterocycles. The first kappa shape index (κ1) is 20.3. The molecule has 1 atom stereocenters. The normalized spacial score (nSPS) is 14.6. The minimum Gasteiger partial charge on any atom is -0.461 e. The van der Waals surface area contributed by atoms with Crippen LogP contribution in [0, 0.1) is 0 Å². The van der Waals surface area contributed by atoms with Crippen LogP contribution in [0.25, 0.3) is 5.69 Å². The average Bonchev–Trinajstić information content (AvgIpc) is 2.67. The second-order valence-electron chi connectivity index (χ2n) is 6.99. The van der Waals surface area contributed by atoms with E-state index in [1.54, 1.807) is 37.6 Å². The molecule has 0 amide bonds. The Bertz CT molecular complexity index is 995. The number of rotatable bonds is 5. The lowest BCUT2D eigenvalue weighted by Gasteiger charge is -2.20. The van der Waals surface area contributed by atoms with Gasteiger partial charge in [0.2, 0.25) is 0 Å². The molecule has 1 aliphatic carbocycles. The lowest BCUT2D eigenvalue weighted by Crippen LogP contribution is -2.42. The Balaban J connectivity index is 1.88. The maximum atomic E-state index is 12.9. The fourth-order valence-corrected chi connectivity index (χ4v) is 3.93. The van der Waals surface area contributed by atoms with Crippen molar-refractivity contribution in [2.24, 2.45) is 12.8 Å². The molecule has 28 heavy (non-hydrogen) atoms. The summed E-state index contributed by atoms with van der Waals surface area (Å²) >= 11 is 1.05. The number of fused-ring (bicyclic) bond motifs is 1. The van der Waals surface area contributed by atoms with Crippen LogP contribution >= 0.6 is 11.8 Å². The average molecular weight is 404 g/mol. The topological polar surface area (TPSA) is 109 Å².